The first-order chi connectivity index (χ1) is 12.4. The van der Waals surface area contributed by atoms with Gasteiger partial charge in [-0.1, -0.05) is 5.16 Å². The normalized spacial score (nSPS) is 15.4. The summed E-state index contributed by atoms with van der Waals surface area (Å²) in [7, 11) is 0. The van der Waals surface area contributed by atoms with Crippen molar-refractivity contribution in [3.05, 3.63) is 49.0 Å². The first kappa shape index (κ1) is 15.6. The van der Waals surface area contributed by atoms with Gasteiger partial charge in [-0.25, -0.2) is 4.98 Å². The third kappa shape index (κ3) is 3.80. The second kappa shape index (κ2) is 7.35. The molecule has 1 aliphatic heterocycles. The molecule has 0 unspecified atom stereocenters. The molecule has 0 N–H and O–H groups in total. The van der Waals surface area contributed by atoms with Gasteiger partial charge in [-0.2, -0.15) is 4.98 Å². The maximum Gasteiger partial charge on any atom is 0.252 e. The number of pyridine rings is 1. The van der Waals surface area contributed by atoms with Crippen molar-refractivity contribution in [3.8, 4) is 11.4 Å². The molecule has 1 saturated heterocycles. The average Bonchev–Trinajstić information content (AvgIpc) is 3.17. The highest BCUT2D eigenvalue weighted by Crippen LogP contribution is 2.20. The smallest absolute Gasteiger partial charge is 0.252 e. The van der Waals surface area contributed by atoms with Crippen molar-refractivity contribution in [1.82, 2.24) is 25.1 Å². The summed E-state index contributed by atoms with van der Waals surface area (Å²) in [6.07, 6.45) is 10.6. The molecule has 1 aliphatic rings. The van der Waals surface area contributed by atoms with E-state index in [1.807, 2.05) is 12.1 Å². The van der Waals surface area contributed by atoms with Gasteiger partial charge in [0.05, 0.1) is 12.3 Å². The lowest BCUT2D eigenvalue weighted by Crippen LogP contribution is -2.37. The fourth-order valence-electron chi connectivity index (χ4n) is 2.83. The van der Waals surface area contributed by atoms with Crippen LogP contribution in [0, 0.1) is 0 Å². The molecule has 4 rings (SSSR count). The zero-order valence-corrected chi connectivity index (χ0v) is 13.7. The third-order valence-corrected chi connectivity index (χ3v) is 4.16. The van der Waals surface area contributed by atoms with E-state index in [9.17, 15) is 0 Å². The van der Waals surface area contributed by atoms with Gasteiger partial charge in [0.15, 0.2) is 0 Å². The number of rotatable bonds is 5. The second-order valence-corrected chi connectivity index (χ2v) is 5.81. The molecule has 3 aromatic heterocycles. The second-order valence-electron chi connectivity index (χ2n) is 5.81. The molecule has 0 bridgehead atoms. The molecular weight excluding hydrogens is 320 g/mol. The van der Waals surface area contributed by atoms with E-state index in [1.54, 1.807) is 31.0 Å². The molecule has 0 saturated carbocycles. The molecule has 4 heterocycles. The minimum absolute atomic E-state index is 0.184. The first-order valence-electron chi connectivity index (χ1n) is 8.24. The van der Waals surface area contributed by atoms with Crippen molar-refractivity contribution in [3.63, 3.8) is 0 Å². The predicted molar refractivity (Wildman–Crippen MR) is 89.6 cm³/mol. The molecule has 0 aliphatic carbocycles. The van der Waals surface area contributed by atoms with Gasteiger partial charge in [0, 0.05) is 43.4 Å². The molecule has 0 spiro atoms. The molecule has 128 valence electrons. The zero-order valence-electron chi connectivity index (χ0n) is 13.7. The highest BCUT2D eigenvalue weighted by Gasteiger charge is 2.21. The van der Waals surface area contributed by atoms with Crippen LogP contribution in [0.3, 0.4) is 0 Å². The van der Waals surface area contributed by atoms with Crippen LogP contribution in [-0.4, -0.2) is 44.3 Å². The van der Waals surface area contributed by atoms with Gasteiger partial charge in [0.25, 0.3) is 5.89 Å². The Bertz CT molecular complexity index is 787. The van der Waals surface area contributed by atoms with Gasteiger partial charge in [-0.05, 0) is 25.0 Å². The van der Waals surface area contributed by atoms with E-state index in [2.05, 4.69) is 30.0 Å². The van der Waals surface area contributed by atoms with Crippen LogP contribution in [0.5, 0.6) is 0 Å². The number of hydrogen-bond acceptors (Lipinski definition) is 8. The van der Waals surface area contributed by atoms with E-state index < -0.39 is 0 Å². The SMILES string of the molecule is c1cc(-c2noc(COC3CCN(c4cnccn4)CC3)n2)ccn1. The third-order valence-electron chi connectivity index (χ3n) is 4.16. The van der Waals surface area contributed by atoms with Crippen LogP contribution >= 0.6 is 0 Å². The summed E-state index contributed by atoms with van der Waals surface area (Å²) >= 11 is 0. The van der Waals surface area contributed by atoms with Gasteiger partial charge >= 0.3 is 0 Å². The fourth-order valence-corrected chi connectivity index (χ4v) is 2.83. The average molecular weight is 338 g/mol. The van der Waals surface area contributed by atoms with Crippen LogP contribution < -0.4 is 4.90 Å². The van der Waals surface area contributed by atoms with Crippen LogP contribution in [0.15, 0.2) is 47.6 Å². The van der Waals surface area contributed by atoms with Gasteiger partial charge in [-0.15, -0.1) is 0 Å². The Hall–Kier alpha value is -2.87. The number of anilines is 1. The van der Waals surface area contributed by atoms with Crippen molar-refractivity contribution in [1.29, 1.82) is 0 Å². The quantitative estimate of drug-likeness (QED) is 0.699. The zero-order chi connectivity index (χ0) is 16.9. The van der Waals surface area contributed by atoms with Crippen molar-refractivity contribution >= 4 is 5.82 Å². The van der Waals surface area contributed by atoms with Gasteiger partial charge in [0.1, 0.15) is 12.4 Å². The van der Waals surface area contributed by atoms with Crippen LogP contribution in [0.4, 0.5) is 5.82 Å². The maximum atomic E-state index is 5.93. The largest absolute Gasteiger partial charge is 0.368 e. The molecule has 3 aromatic rings. The van der Waals surface area contributed by atoms with Crippen molar-refractivity contribution in [2.45, 2.75) is 25.6 Å². The van der Waals surface area contributed by atoms with E-state index >= 15 is 0 Å². The van der Waals surface area contributed by atoms with Crippen LogP contribution in [0.2, 0.25) is 0 Å². The Kier molecular flexibility index (Phi) is 4.60. The monoisotopic (exact) mass is 338 g/mol. The number of aromatic nitrogens is 5. The fraction of sp³-hybridized carbons (Fsp3) is 0.353. The van der Waals surface area contributed by atoms with E-state index in [4.69, 9.17) is 9.26 Å². The summed E-state index contributed by atoms with van der Waals surface area (Å²) in [4.78, 5) is 19.0. The molecule has 0 atom stereocenters. The van der Waals surface area contributed by atoms with E-state index in [1.165, 1.54) is 0 Å². The summed E-state index contributed by atoms with van der Waals surface area (Å²) < 4.78 is 11.2. The highest BCUT2D eigenvalue weighted by atomic mass is 16.5. The molecule has 8 heteroatoms. The Morgan fingerprint density at radius 1 is 1.08 bits per heavy atom. The Labute approximate surface area is 144 Å². The van der Waals surface area contributed by atoms with E-state index in [0.29, 0.717) is 18.3 Å². The first-order valence-corrected chi connectivity index (χ1v) is 8.24. The van der Waals surface area contributed by atoms with Crippen LogP contribution in [-0.2, 0) is 11.3 Å². The Morgan fingerprint density at radius 3 is 2.68 bits per heavy atom. The lowest BCUT2D eigenvalue weighted by Gasteiger charge is -2.32. The van der Waals surface area contributed by atoms with Crippen molar-refractivity contribution < 1.29 is 9.26 Å². The molecule has 8 nitrogen and oxygen atoms in total. The summed E-state index contributed by atoms with van der Waals surface area (Å²) in [6.45, 7) is 2.12. The van der Waals surface area contributed by atoms with E-state index in [0.717, 1.165) is 37.3 Å². The number of ether oxygens (including phenoxy) is 1. The van der Waals surface area contributed by atoms with Crippen molar-refractivity contribution in [2.75, 3.05) is 18.0 Å². The molecule has 0 radical (unpaired) electrons. The summed E-state index contributed by atoms with van der Waals surface area (Å²) in [6, 6.07) is 3.69. The van der Waals surface area contributed by atoms with Gasteiger partial charge in [-0.3, -0.25) is 9.97 Å². The lowest BCUT2D eigenvalue weighted by atomic mass is 10.1. The number of hydrogen-bond donors (Lipinski definition) is 0. The molecule has 0 aromatic carbocycles. The predicted octanol–water partition coefficient (Wildman–Crippen LogP) is 2.11. The standard InChI is InChI=1S/C17H18N6O2/c1-5-18-6-2-13(1)17-21-16(25-22-17)12-24-14-3-9-23(10-4-14)15-11-19-7-8-20-15/h1-2,5-8,11,14H,3-4,9-10,12H2. The Morgan fingerprint density at radius 2 is 1.92 bits per heavy atom. The number of piperidine rings is 1. The topological polar surface area (TPSA) is 90.1 Å². The van der Waals surface area contributed by atoms with E-state index in [-0.39, 0.29) is 6.10 Å². The van der Waals surface area contributed by atoms with Gasteiger partial charge in [0.2, 0.25) is 5.82 Å². The van der Waals surface area contributed by atoms with Crippen LogP contribution in [0.25, 0.3) is 11.4 Å². The summed E-state index contributed by atoms with van der Waals surface area (Å²) in [5.74, 6) is 1.96. The Balaban J connectivity index is 1.28. The van der Waals surface area contributed by atoms with Crippen molar-refractivity contribution in [2.24, 2.45) is 0 Å². The van der Waals surface area contributed by atoms with Crippen LogP contribution in [0.1, 0.15) is 18.7 Å². The minimum Gasteiger partial charge on any atom is -0.368 e. The molecule has 25 heavy (non-hydrogen) atoms. The highest BCUT2D eigenvalue weighted by molar-refractivity contribution is 5.52. The molecule has 1 fully saturated rings. The number of nitrogens with zero attached hydrogens (tertiary/aromatic N) is 6. The molecular formula is C17H18N6O2. The maximum absolute atomic E-state index is 5.93. The minimum atomic E-state index is 0.184. The summed E-state index contributed by atoms with van der Waals surface area (Å²) in [5, 5.41) is 3.98. The summed E-state index contributed by atoms with van der Waals surface area (Å²) in [5.41, 5.74) is 0.877. The van der Waals surface area contributed by atoms with Gasteiger partial charge < -0.3 is 14.2 Å². The lowest BCUT2D eigenvalue weighted by molar-refractivity contribution is 0.0120. The molecule has 0 amide bonds.